The average Bonchev–Trinajstić information content (AvgIpc) is 2.87. The van der Waals surface area contributed by atoms with Gasteiger partial charge in [-0.05, 0) is 60.8 Å². The summed E-state index contributed by atoms with van der Waals surface area (Å²) in [6.07, 6.45) is 2.10. The molecular weight excluding hydrogens is 500 g/mol. The first-order valence-electron chi connectivity index (χ1n) is 13.0. The van der Waals surface area contributed by atoms with Gasteiger partial charge in [0.15, 0.2) is 11.4 Å². The van der Waals surface area contributed by atoms with E-state index >= 15 is 0 Å². The van der Waals surface area contributed by atoms with Crippen LogP contribution >= 0.6 is 0 Å². The number of aromatic hydroxyl groups is 1. The minimum absolute atomic E-state index is 0.107. The first-order valence-corrected chi connectivity index (χ1v) is 13.0. The van der Waals surface area contributed by atoms with Crippen LogP contribution in [0.1, 0.15) is 41.5 Å². The molecule has 3 aliphatic carbocycles. The molecule has 5 rings (SSSR count). The molecule has 1 amide bonds. The number of carbonyl (C=O) groups is 3. The van der Waals surface area contributed by atoms with Gasteiger partial charge in [0.05, 0.1) is 5.56 Å². The van der Waals surface area contributed by atoms with Crippen molar-refractivity contribution in [2.24, 2.45) is 17.6 Å². The number of fused-ring (bicyclic) bond motifs is 3. The molecule has 9 heteroatoms. The zero-order valence-corrected chi connectivity index (χ0v) is 21.9. The monoisotopic (exact) mass is 532 g/mol. The number of primary amides is 1. The molecule has 9 nitrogen and oxygen atoms in total. The van der Waals surface area contributed by atoms with Crippen molar-refractivity contribution in [3.8, 4) is 5.75 Å². The molecule has 0 spiro atoms. The van der Waals surface area contributed by atoms with Crippen LogP contribution in [-0.4, -0.2) is 57.6 Å². The minimum atomic E-state index is -2.57. The number of aliphatic hydroxyl groups excluding tert-OH is 2. The van der Waals surface area contributed by atoms with Crippen LogP contribution < -0.4 is 10.6 Å². The van der Waals surface area contributed by atoms with Gasteiger partial charge in [-0.15, -0.1) is 0 Å². The lowest BCUT2D eigenvalue weighted by Crippen LogP contribution is -2.58. The van der Waals surface area contributed by atoms with Gasteiger partial charge in [0.25, 0.3) is 5.91 Å². The molecule has 0 aliphatic heterocycles. The molecule has 0 bridgehead atoms. The molecule has 2 aromatic carbocycles. The normalized spacial score (nSPS) is 24.3. The number of aliphatic hydroxyl groups is 3. The number of aryl methyl sites for hydroxylation is 2. The van der Waals surface area contributed by atoms with Crippen molar-refractivity contribution in [1.82, 2.24) is 0 Å². The van der Waals surface area contributed by atoms with Gasteiger partial charge >= 0.3 is 0 Å². The van der Waals surface area contributed by atoms with E-state index < -0.39 is 52.0 Å². The van der Waals surface area contributed by atoms with Gasteiger partial charge in [0.2, 0.25) is 5.78 Å². The highest BCUT2D eigenvalue weighted by atomic mass is 16.3. The van der Waals surface area contributed by atoms with Gasteiger partial charge in [-0.1, -0.05) is 30.3 Å². The highest BCUT2D eigenvalue weighted by Gasteiger charge is 2.60. The fourth-order valence-corrected chi connectivity index (χ4v) is 6.44. The fraction of sp³-hybridized carbons (Fsp3) is 0.367. The van der Waals surface area contributed by atoms with E-state index in [1.807, 2.05) is 55.4 Å². The summed E-state index contributed by atoms with van der Waals surface area (Å²) in [4.78, 5) is 40.0. The molecule has 0 radical (unpaired) electrons. The average molecular weight is 533 g/mol. The predicted octanol–water partition coefficient (Wildman–Crippen LogP) is 2.67. The predicted molar refractivity (Wildman–Crippen MR) is 144 cm³/mol. The number of rotatable bonds is 6. The molecule has 1 fully saturated rings. The summed E-state index contributed by atoms with van der Waals surface area (Å²) in [5.41, 5.74) is 5.12. The molecule has 0 saturated heterocycles. The standard InChI is InChI=1S/C30H32N2O7/c1-32(2)20-13-16(10-6-9-15-7-4-3-5-8-15)25(34)23-19(20)12-17-11-18-14-21(33)24(29(31)38)28(37)30(18,39)27(36)22(17)26(23)35/h3-5,7-8,13,17-18,34-35,37,39H,6,9-12,14H2,1-2H3,(H2,31,38)/t17-,18+,30+/m1/s1. The highest BCUT2D eigenvalue weighted by molar-refractivity contribution is 6.22. The Morgan fingerprint density at radius 3 is 2.41 bits per heavy atom. The molecule has 0 unspecified atom stereocenters. The summed E-state index contributed by atoms with van der Waals surface area (Å²) in [6, 6.07) is 11.9. The van der Waals surface area contributed by atoms with Gasteiger partial charge in [-0.3, -0.25) is 14.4 Å². The number of Topliss-reactive ketones (excluding diaryl/α,β-unsaturated/α-hetero) is 2. The summed E-state index contributed by atoms with van der Waals surface area (Å²) < 4.78 is 0. The Kier molecular flexibility index (Phi) is 6.50. The van der Waals surface area contributed by atoms with Crippen molar-refractivity contribution in [1.29, 1.82) is 0 Å². The molecule has 0 heterocycles. The number of anilines is 1. The first kappa shape index (κ1) is 26.5. The molecule has 39 heavy (non-hydrogen) atoms. The van der Waals surface area contributed by atoms with Crippen molar-refractivity contribution >= 4 is 28.9 Å². The maximum Gasteiger partial charge on any atom is 0.255 e. The second-order valence-corrected chi connectivity index (χ2v) is 10.9. The topological polar surface area (TPSA) is 161 Å². The van der Waals surface area contributed by atoms with Crippen LogP contribution in [0.5, 0.6) is 5.75 Å². The van der Waals surface area contributed by atoms with E-state index in [-0.39, 0.29) is 36.1 Å². The lowest BCUT2D eigenvalue weighted by atomic mass is 9.59. The summed E-state index contributed by atoms with van der Waals surface area (Å²) in [7, 11) is 3.71. The van der Waals surface area contributed by atoms with Crippen molar-refractivity contribution < 1.29 is 34.8 Å². The smallest absolute Gasteiger partial charge is 0.255 e. The van der Waals surface area contributed by atoms with Crippen molar-refractivity contribution in [3.63, 3.8) is 0 Å². The maximum atomic E-state index is 13.7. The highest BCUT2D eigenvalue weighted by Crippen LogP contribution is 2.53. The Morgan fingerprint density at radius 1 is 1.08 bits per heavy atom. The third-order valence-electron chi connectivity index (χ3n) is 8.36. The Labute approximate surface area is 225 Å². The second kappa shape index (κ2) is 9.57. The van der Waals surface area contributed by atoms with Crippen LogP contribution in [0.15, 0.2) is 53.3 Å². The van der Waals surface area contributed by atoms with Crippen molar-refractivity contribution in [2.75, 3.05) is 19.0 Å². The van der Waals surface area contributed by atoms with Gasteiger partial charge in [0.1, 0.15) is 22.8 Å². The quantitative estimate of drug-likeness (QED) is 0.355. The number of nitrogens with two attached hydrogens (primary N) is 1. The lowest BCUT2D eigenvalue weighted by molar-refractivity contribution is -0.147. The number of nitrogens with zero attached hydrogens (tertiary/aromatic N) is 1. The lowest BCUT2D eigenvalue weighted by Gasteiger charge is -2.46. The molecule has 1 saturated carbocycles. The van der Waals surface area contributed by atoms with Crippen molar-refractivity contribution in [3.05, 3.63) is 75.6 Å². The molecule has 3 aliphatic rings. The van der Waals surface area contributed by atoms with Crippen LogP contribution in [0.25, 0.3) is 5.76 Å². The Bertz CT molecular complexity index is 1460. The summed E-state index contributed by atoms with van der Waals surface area (Å²) in [5, 5.41) is 45.0. The molecule has 0 aromatic heterocycles. The van der Waals surface area contributed by atoms with E-state index in [1.165, 1.54) is 5.56 Å². The van der Waals surface area contributed by atoms with Crippen LogP contribution in [0.3, 0.4) is 0 Å². The number of phenolic OH excluding ortho intramolecular Hbond substituents is 1. The van der Waals surface area contributed by atoms with E-state index in [4.69, 9.17) is 5.73 Å². The molecule has 204 valence electrons. The van der Waals surface area contributed by atoms with E-state index in [0.717, 1.165) is 18.5 Å². The Balaban J connectivity index is 1.59. The second-order valence-electron chi connectivity index (χ2n) is 10.9. The van der Waals surface area contributed by atoms with Crippen LogP contribution in [0, 0.1) is 11.8 Å². The SMILES string of the molecule is CN(C)c1cc(CCCc2ccccc2)c(O)c2c1C[C@H]1C[C@H]3CC(=O)C(C(N)=O)=C(O)[C@@]3(O)C(=O)C1=C2O. The molecule has 2 aromatic rings. The van der Waals surface area contributed by atoms with E-state index in [1.54, 1.807) is 0 Å². The number of amides is 1. The number of ketones is 2. The van der Waals surface area contributed by atoms with Crippen LogP contribution in [0.4, 0.5) is 5.69 Å². The van der Waals surface area contributed by atoms with Crippen LogP contribution in [-0.2, 0) is 33.6 Å². The summed E-state index contributed by atoms with van der Waals surface area (Å²) in [5.74, 6) is -6.18. The minimum Gasteiger partial charge on any atom is -0.508 e. The summed E-state index contributed by atoms with van der Waals surface area (Å²) in [6.45, 7) is 0. The van der Waals surface area contributed by atoms with E-state index in [9.17, 15) is 34.8 Å². The summed E-state index contributed by atoms with van der Waals surface area (Å²) >= 11 is 0. The number of phenols is 1. The molecule has 3 atom stereocenters. The van der Waals surface area contributed by atoms with Gasteiger partial charge in [-0.2, -0.15) is 0 Å². The van der Waals surface area contributed by atoms with Gasteiger partial charge < -0.3 is 31.1 Å². The third-order valence-corrected chi connectivity index (χ3v) is 8.36. The fourth-order valence-electron chi connectivity index (χ4n) is 6.44. The van der Waals surface area contributed by atoms with E-state index in [2.05, 4.69) is 0 Å². The zero-order valence-electron chi connectivity index (χ0n) is 21.9. The number of carbonyl (C=O) groups excluding carboxylic acids is 3. The molecule has 6 N–H and O–H groups in total. The largest absolute Gasteiger partial charge is 0.508 e. The van der Waals surface area contributed by atoms with Crippen molar-refractivity contribution in [2.45, 2.75) is 44.1 Å². The Hall–Kier alpha value is -4.11. The maximum absolute atomic E-state index is 13.7. The molecular formula is C30H32N2O7. The Morgan fingerprint density at radius 2 is 1.77 bits per heavy atom. The van der Waals surface area contributed by atoms with Crippen LogP contribution in [0.2, 0.25) is 0 Å². The number of benzene rings is 2. The zero-order chi connectivity index (χ0) is 28.2. The van der Waals surface area contributed by atoms with E-state index in [0.29, 0.717) is 17.5 Å². The van der Waals surface area contributed by atoms with Gasteiger partial charge in [-0.25, -0.2) is 0 Å². The van der Waals surface area contributed by atoms with Gasteiger partial charge in [0, 0.05) is 37.7 Å². The number of hydrogen-bond acceptors (Lipinski definition) is 8. The first-order chi connectivity index (χ1) is 18.5. The number of hydrogen-bond donors (Lipinski definition) is 5. The third kappa shape index (κ3) is 4.08.